The van der Waals surface area contributed by atoms with Gasteiger partial charge in [-0.25, -0.2) is 0 Å². The largest absolute Gasteiger partial charge is 0.392 e. The number of carbonyl (C=O) groups excluding carboxylic acids is 1. The number of aliphatic hydroxyl groups excluding tert-OH is 2. The van der Waals surface area contributed by atoms with Crippen LogP contribution in [0.25, 0.3) is 0 Å². The Labute approximate surface area is 200 Å². The molecule has 0 saturated carbocycles. The van der Waals surface area contributed by atoms with Gasteiger partial charge < -0.3 is 10.2 Å². The minimum Gasteiger partial charge on any atom is -0.392 e. The predicted molar refractivity (Wildman–Crippen MR) is 131 cm³/mol. The summed E-state index contributed by atoms with van der Waals surface area (Å²) in [6, 6.07) is 0. The molecule has 1 unspecified atom stereocenters. The molecule has 0 aromatic heterocycles. The fourth-order valence-electron chi connectivity index (χ4n) is 4.49. The van der Waals surface area contributed by atoms with E-state index in [-0.39, 0.29) is 18.9 Å². The minimum absolute atomic E-state index is 0.0388. The number of hydrogen-bond acceptors (Lipinski definition) is 6. The van der Waals surface area contributed by atoms with Gasteiger partial charge in [-0.2, -0.15) is 8.42 Å². The molecule has 9 heteroatoms. The molecule has 0 aliphatic carbocycles. The molecule has 0 radical (unpaired) electrons. The van der Waals surface area contributed by atoms with Crippen molar-refractivity contribution >= 4 is 21.7 Å². The highest BCUT2D eigenvalue weighted by atomic mass is 32.2. The lowest BCUT2D eigenvalue weighted by Gasteiger charge is -2.13. The van der Waals surface area contributed by atoms with Crippen molar-refractivity contribution in [2.45, 2.75) is 103 Å². The Morgan fingerprint density at radius 2 is 1.48 bits per heavy atom. The van der Waals surface area contributed by atoms with Crippen LogP contribution >= 0.6 is 0 Å². The summed E-state index contributed by atoms with van der Waals surface area (Å²) in [5.74, 6) is -0.357. The molecule has 1 atom stereocenters. The van der Waals surface area contributed by atoms with E-state index in [9.17, 15) is 23.4 Å². The highest BCUT2D eigenvalue weighted by Gasteiger charge is 2.36. The topological polar surface area (TPSA) is 118 Å². The maximum absolute atomic E-state index is 12.9. The molecule has 0 bridgehead atoms. The van der Waals surface area contributed by atoms with Crippen LogP contribution in [0, 0.1) is 0 Å². The van der Waals surface area contributed by atoms with Crippen molar-refractivity contribution in [1.82, 2.24) is 4.90 Å². The molecule has 3 N–H and O–H groups in total. The van der Waals surface area contributed by atoms with Crippen LogP contribution in [0.1, 0.15) is 96.8 Å². The number of Topliss-reactive ketones (excluding diaryl/α,β-unsaturated/α-hetero) is 1. The van der Waals surface area contributed by atoms with Gasteiger partial charge in [-0.15, -0.1) is 0 Å². The summed E-state index contributed by atoms with van der Waals surface area (Å²) >= 11 is 0. The third-order valence-electron chi connectivity index (χ3n) is 6.20. The third kappa shape index (κ3) is 14.1. The number of β-amino-alcohol motifs (C(OH)–C–C–N with tert-alkyl or cyclic N) is 2. The molecule has 194 valence electrons. The third-order valence-corrected chi connectivity index (χ3v) is 7.01. The van der Waals surface area contributed by atoms with E-state index in [4.69, 9.17) is 4.55 Å². The minimum atomic E-state index is -4.29. The van der Waals surface area contributed by atoms with Gasteiger partial charge in [-0.3, -0.25) is 18.8 Å². The predicted octanol–water partition coefficient (Wildman–Crippen LogP) is 3.00. The highest BCUT2D eigenvalue weighted by Crippen LogP contribution is 2.14. The van der Waals surface area contributed by atoms with Crippen LogP contribution in [0.5, 0.6) is 0 Å². The van der Waals surface area contributed by atoms with E-state index in [1.807, 2.05) is 0 Å². The molecule has 0 fully saturated rings. The highest BCUT2D eigenvalue weighted by molar-refractivity contribution is 7.85. The number of rotatable bonds is 21. The van der Waals surface area contributed by atoms with Crippen LogP contribution in [0.15, 0.2) is 0 Å². The van der Waals surface area contributed by atoms with Gasteiger partial charge in [0.05, 0.1) is 6.61 Å². The quantitative estimate of drug-likeness (QED) is 0.128. The average Bonchev–Trinajstić information content (AvgIpc) is 3.12. The van der Waals surface area contributed by atoms with Gasteiger partial charge in [0.25, 0.3) is 10.1 Å². The second-order valence-corrected chi connectivity index (χ2v) is 10.8. The molecule has 0 amide bonds. The summed E-state index contributed by atoms with van der Waals surface area (Å²) in [7, 11) is -4.29. The molecule has 1 aliphatic heterocycles. The van der Waals surface area contributed by atoms with Crippen molar-refractivity contribution in [2.24, 2.45) is 0 Å². The van der Waals surface area contributed by atoms with Crippen molar-refractivity contribution in [2.75, 3.05) is 38.5 Å². The number of unbranched alkanes of at least 4 members (excludes halogenated alkanes) is 12. The number of carbonyl (C=O) groups is 1. The second kappa shape index (κ2) is 17.4. The van der Waals surface area contributed by atoms with Crippen molar-refractivity contribution in [3.05, 3.63) is 0 Å². The van der Waals surface area contributed by atoms with E-state index >= 15 is 0 Å². The number of aliphatic hydroxyl groups is 2. The molecule has 0 spiro atoms. The van der Waals surface area contributed by atoms with Crippen LogP contribution in [-0.4, -0.2) is 88.9 Å². The molecular formula is C24H47N2O6S+. The first-order valence-corrected chi connectivity index (χ1v) is 14.5. The summed E-state index contributed by atoms with van der Waals surface area (Å²) in [6.45, 7) is 3.45. The Hall–Kier alpha value is -1.03. The zero-order chi connectivity index (χ0) is 24.5. The van der Waals surface area contributed by atoms with Crippen molar-refractivity contribution < 1.29 is 32.6 Å². The number of amidine groups is 1. The maximum atomic E-state index is 12.9. The standard InChI is InChI=1S/C24H46N2O6S/c1-2-3-4-5-6-7-8-9-10-11-12-13-14-15-23(29)24-25(18-19-27)16-17-26(24)20-22(28)21-33(30,31)32/h22,27-28H,2-21H2,1H3/p+1. The average molecular weight is 492 g/mol. The van der Waals surface area contributed by atoms with Gasteiger partial charge in [0.2, 0.25) is 5.78 Å². The molecule has 1 heterocycles. The van der Waals surface area contributed by atoms with Gasteiger partial charge in [0.15, 0.2) is 0 Å². The summed E-state index contributed by atoms with van der Waals surface area (Å²) in [4.78, 5) is 14.7. The zero-order valence-electron chi connectivity index (χ0n) is 20.6. The maximum Gasteiger partial charge on any atom is 0.316 e. The van der Waals surface area contributed by atoms with E-state index in [1.165, 1.54) is 64.2 Å². The van der Waals surface area contributed by atoms with Gasteiger partial charge in [0, 0.05) is 6.42 Å². The Bertz CT molecular complexity index is 680. The Kier molecular flexibility index (Phi) is 15.8. The van der Waals surface area contributed by atoms with E-state index < -0.39 is 22.0 Å². The first-order valence-electron chi connectivity index (χ1n) is 12.9. The van der Waals surface area contributed by atoms with Crippen LogP contribution < -0.4 is 0 Å². The van der Waals surface area contributed by atoms with Gasteiger partial charge in [-0.1, -0.05) is 84.0 Å². The summed E-state index contributed by atoms with van der Waals surface area (Å²) in [5.41, 5.74) is 0. The molecule has 1 rings (SSSR count). The Balaban J connectivity index is 2.30. The number of hydrogen-bond donors (Lipinski definition) is 3. The Morgan fingerprint density at radius 1 is 0.970 bits per heavy atom. The van der Waals surface area contributed by atoms with Crippen LogP contribution in [0.2, 0.25) is 0 Å². The fraction of sp³-hybridized carbons (Fsp3) is 0.917. The molecule has 0 aromatic rings. The van der Waals surface area contributed by atoms with Gasteiger partial charge >= 0.3 is 5.84 Å². The van der Waals surface area contributed by atoms with Crippen molar-refractivity contribution in [3.8, 4) is 0 Å². The molecular weight excluding hydrogens is 444 g/mol. The first kappa shape index (κ1) is 30.0. The van der Waals surface area contributed by atoms with Crippen LogP contribution in [0.3, 0.4) is 0 Å². The van der Waals surface area contributed by atoms with E-state index in [0.29, 0.717) is 31.9 Å². The lowest BCUT2D eigenvalue weighted by molar-refractivity contribution is -0.525. The lowest BCUT2D eigenvalue weighted by Crippen LogP contribution is -2.40. The van der Waals surface area contributed by atoms with E-state index in [1.54, 1.807) is 9.48 Å². The first-order chi connectivity index (χ1) is 15.8. The number of nitrogens with zero attached hydrogens (tertiary/aromatic N) is 2. The van der Waals surface area contributed by atoms with Crippen LogP contribution in [-0.2, 0) is 14.9 Å². The fourth-order valence-corrected chi connectivity index (χ4v) is 5.08. The molecule has 1 aliphatic rings. The summed E-state index contributed by atoms with van der Waals surface area (Å²) < 4.78 is 32.6. The molecule has 0 aromatic carbocycles. The smallest absolute Gasteiger partial charge is 0.316 e. The summed E-state index contributed by atoms with van der Waals surface area (Å²) in [5, 5.41) is 19.3. The van der Waals surface area contributed by atoms with E-state index in [0.717, 1.165) is 19.3 Å². The SMILES string of the molecule is CCCCCCCCCCCCCCCC(=O)C1=[N+](CC(O)CS(=O)(=O)O)CCN1CCO. The second-order valence-electron chi connectivity index (χ2n) is 9.30. The summed E-state index contributed by atoms with van der Waals surface area (Å²) in [6.07, 6.45) is 15.2. The Morgan fingerprint density at radius 3 is 1.97 bits per heavy atom. The molecule has 0 saturated heterocycles. The molecule has 33 heavy (non-hydrogen) atoms. The zero-order valence-corrected chi connectivity index (χ0v) is 21.4. The van der Waals surface area contributed by atoms with Crippen molar-refractivity contribution in [3.63, 3.8) is 0 Å². The normalized spacial score (nSPS) is 15.5. The van der Waals surface area contributed by atoms with Gasteiger partial charge in [0.1, 0.15) is 38.0 Å². The van der Waals surface area contributed by atoms with E-state index in [2.05, 4.69) is 6.92 Å². The number of ketones is 1. The van der Waals surface area contributed by atoms with Crippen LogP contribution in [0.4, 0.5) is 0 Å². The van der Waals surface area contributed by atoms with Gasteiger partial charge in [-0.05, 0) is 6.42 Å². The monoisotopic (exact) mass is 491 g/mol. The molecule has 8 nitrogen and oxygen atoms in total. The van der Waals surface area contributed by atoms with Crippen molar-refractivity contribution in [1.29, 1.82) is 0 Å². The lowest BCUT2D eigenvalue weighted by atomic mass is 10.0.